The first-order valence-corrected chi connectivity index (χ1v) is 21.4. The fourth-order valence-electron chi connectivity index (χ4n) is 8.58. The summed E-state index contributed by atoms with van der Waals surface area (Å²) in [7, 11) is 3.65. The van der Waals surface area contributed by atoms with Gasteiger partial charge in [0.1, 0.15) is 18.1 Å². The van der Waals surface area contributed by atoms with E-state index in [1.807, 2.05) is 56.3 Å². The number of amides is 1. The Hall–Kier alpha value is -2.76. The Morgan fingerprint density at radius 2 is 1.70 bits per heavy atom. The first kappa shape index (κ1) is 45.3. The van der Waals surface area contributed by atoms with Crippen LogP contribution in [0.2, 0.25) is 4.34 Å². The molecule has 5 rings (SSSR count). The molecule has 3 aliphatic heterocycles. The number of rotatable bonds is 9. The number of nitrogens with one attached hydrogen (secondary N) is 1. The van der Waals surface area contributed by atoms with Crippen LogP contribution < -0.4 is 5.32 Å². The van der Waals surface area contributed by atoms with Crippen molar-refractivity contribution >= 4 is 64.0 Å². The van der Waals surface area contributed by atoms with Gasteiger partial charge in [-0.3, -0.25) is 14.4 Å². The predicted molar refractivity (Wildman–Crippen MR) is 217 cm³/mol. The summed E-state index contributed by atoms with van der Waals surface area (Å²) in [4.78, 5) is 60.1. The maximum atomic E-state index is 17.5. The van der Waals surface area contributed by atoms with Crippen LogP contribution in [0.3, 0.4) is 0 Å². The lowest BCUT2D eigenvalue weighted by Gasteiger charge is -2.48. The van der Waals surface area contributed by atoms with Gasteiger partial charge in [-0.15, -0.1) is 22.7 Å². The molecule has 0 aliphatic carbocycles. The Bertz CT molecular complexity index is 1820. The van der Waals surface area contributed by atoms with Crippen molar-refractivity contribution in [3.8, 4) is 9.75 Å². The van der Waals surface area contributed by atoms with Gasteiger partial charge >= 0.3 is 12.1 Å². The van der Waals surface area contributed by atoms with Crippen LogP contribution in [0.4, 0.5) is 9.18 Å². The molecule has 3 fully saturated rings. The summed E-state index contributed by atoms with van der Waals surface area (Å²) in [5, 5.41) is 14.2. The number of nitrogens with zero attached hydrogens (tertiary/aromatic N) is 1. The van der Waals surface area contributed by atoms with E-state index in [1.54, 1.807) is 38.2 Å². The Balaban J connectivity index is 1.57. The fourth-order valence-corrected chi connectivity index (χ4v) is 10.7. The molecule has 0 saturated carbocycles. The van der Waals surface area contributed by atoms with Crippen LogP contribution in [0.5, 0.6) is 0 Å². The average Bonchev–Trinajstić information content (AvgIpc) is 3.88. The van der Waals surface area contributed by atoms with Gasteiger partial charge in [0.15, 0.2) is 29.1 Å². The second-order valence-electron chi connectivity index (χ2n) is 16.4. The number of fused-ring (bicyclic) bond motifs is 1. The molecule has 2 aromatic rings. The highest BCUT2D eigenvalue weighted by Crippen LogP contribution is 2.43. The SMILES string of the molecule is CC[C@H]1OC(=O)[C@H](C)C(=O)[C@H](C)[C@@H](O[C@@H]2O[C@H](C)C[C@H](N(C)C)[C@H]2O)[C@](C)(OC/C=C/c2ccc(-c3ccc(Cl)s3)s2)C[C@](C)(F)C(=O)[C@H](C)[C@@H]2NC(=O)O[C@]12C. The molecular formula is C41H56ClFN2O10S2. The van der Waals surface area contributed by atoms with Crippen molar-refractivity contribution in [3.63, 3.8) is 0 Å². The quantitative estimate of drug-likeness (QED) is 0.197. The third kappa shape index (κ3) is 9.67. The van der Waals surface area contributed by atoms with Gasteiger partial charge in [0.2, 0.25) is 0 Å². The van der Waals surface area contributed by atoms with Gasteiger partial charge < -0.3 is 39.0 Å². The molecule has 0 spiro atoms. The number of hydrogen-bond acceptors (Lipinski definition) is 13. The topological polar surface area (TPSA) is 150 Å². The number of carbonyl (C=O) groups is 4. The highest BCUT2D eigenvalue weighted by Gasteiger charge is 2.59. The molecule has 0 aromatic carbocycles. The second kappa shape index (κ2) is 17.8. The molecule has 2 aromatic heterocycles. The molecule has 5 heterocycles. The van der Waals surface area contributed by atoms with Crippen LogP contribution in [0.1, 0.15) is 79.5 Å². The molecule has 57 heavy (non-hydrogen) atoms. The second-order valence-corrected chi connectivity index (χ2v) is 19.3. The number of cyclic esters (lactones) is 1. The number of ketones is 2. The van der Waals surface area contributed by atoms with Crippen molar-refractivity contribution in [2.24, 2.45) is 17.8 Å². The maximum absolute atomic E-state index is 17.5. The standard InChI is InChI=1S/C41H56ClFN2O10S2/c1-11-29-41(8)33(44-38(50)55-41)24(5)34(48)39(6,43)20-40(7,51-18-12-13-25-14-15-27(56-25)28-16-17-30(42)57-28)35(22(3)31(46)23(4)36(49)53-29)54-37-32(47)26(45(9)10)19-21(2)52-37/h12-17,21-24,26,29,32-33,35,37,47H,11,18-20H2,1-10H3,(H,44,50)/b13-12+/t21-,22+,23-,24-,26+,29-,32-,33+,35-,37+,39+,40-,41-/m1/s1. The number of esters is 1. The number of hydrogen-bond donors (Lipinski definition) is 2. The Labute approximate surface area is 347 Å². The Morgan fingerprint density at radius 1 is 1.04 bits per heavy atom. The highest BCUT2D eigenvalue weighted by atomic mass is 35.5. The van der Waals surface area contributed by atoms with Crippen molar-refractivity contribution < 1.29 is 52.4 Å². The minimum Gasteiger partial charge on any atom is -0.458 e. The fraction of sp³-hybridized carbons (Fsp3) is 0.659. The van der Waals surface area contributed by atoms with Crippen molar-refractivity contribution in [3.05, 3.63) is 39.6 Å². The number of ether oxygens (including phenoxy) is 5. The maximum Gasteiger partial charge on any atom is 0.408 e. The van der Waals surface area contributed by atoms with Gasteiger partial charge in [0.25, 0.3) is 0 Å². The molecule has 0 unspecified atom stereocenters. The van der Waals surface area contributed by atoms with E-state index in [1.165, 1.54) is 32.1 Å². The van der Waals surface area contributed by atoms with Gasteiger partial charge in [-0.05, 0) is 91.9 Å². The zero-order valence-corrected chi connectivity index (χ0v) is 36.6. The zero-order valence-electron chi connectivity index (χ0n) is 34.2. The normalized spacial score (nSPS) is 38.5. The number of thiophene rings is 2. The summed E-state index contributed by atoms with van der Waals surface area (Å²) in [6.45, 7) is 12.1. The summed E-state index contributed by atoms with van der Waals surface area (Å²) in [6, 6.07) is 6.26. The summed E-state index contributed by atoms with van der Waals surface area (Å²) < 4.78 is 49.1. The lowest BCUT2D eigenvalue weighted by molar-refractivity contribution is -0.297. The van der Waals surface area contributed by atoms with E-state index in [2.05, 4.69) is 5.32 Å². The first-order valence-electron chi connectivity index (χ1n) is 19.4. The van der Waals surface area contributed by atoms with E-state index in [9.17, 15) is 24.3 Å². The summed E-state index contributed by atoms with van der Waals surface area (Å²) >= 11 is 9.17. The highest BCUT2D eigenvalue weighted by molar-refractivity contribution is 7.24. The number of aliphatic hydroxyl groups excluding tert-OH is 1. The van der Waals surface area contributed by atoms with Gasteiger partial charge in [-0.25, -0.2) is 9.18 Å². The largest absolute Gasteiger partial charge is 0.458 e. The molecule has 3 aliphatic rings. The number of likely N-dealkylation sites (N-methyl/N-ethyl adjacent to an activating group) is 1. The lowest BCUT2D eigenvalue weighted by Crippen LogP contribution is -2.62. The van der Waals surface area contributed by atoms with E-state index < -0.39 is 95.3 Å². The average molecular weight is 855 g/mol. The number of halogens is 2. The third-order valence-corrected chi connectivity index (χ3v) is 14.1. The summed E-state index contributed by atoms with van der Waals surface area (Å²) in [6.07, 6.45) is -2.46. The number of aliphatic hydroxyl groups is 1. The smallest absolute Gasteiger partial charge is 0.408 e. The molecule has 1 amide bonds. The number of alkyl carbamates (subject to hydrolysis) is 1. The monoisotopic (exact) mass is 854 g/mol. The molecule has 0 radical (unpaired) electrons. The molecule has 12 nitrogen and oxygen atoms in total. The van der Waals surface area contributed by atoms with Gasteiger partial charge in [-0.2, -0.15) is 0 Å². The first-order chi connectivity index (χ1) is 26.6. The van der Waals surface area contributed by atoms with E-state index in [0.717, 1.165) is 21.6 Å². The molecule has 2 N–H and O–H groups in total. The van der Waals surface area contributed by atoms with Crippen molar-refractivity contribution in [1.29, 1.82) is 0 Å². The minimum atomic E-state index is -2.62. The summed E-state index contributed by atoms with van der Waals surface area (Å²) in [5.41, 5.74) is -5.95. The number of Topliss-reactive ketones (excluding diaryl/α,β-unsaturated/α-hetero) is 2. The van der Waals surface area contributed by atoms with E-state index in [4.69, 9.17) is 35.3 Å². The van der Waals surface area contributed by atoms with E-state index >= 15 is 4.39 Å². The number of alkyl halides is 1. The van der Waals surface area contributed by atoms with Gasteiger partial charge in [-0.1, -0.05) is 38.4 Å². The zero-order chi connectivity index (χ0) is 42.2. The van der Waals surface area contributed by atoms with Crippen LogP contribution >= 0.6 is 34.3 Å². The molecule has 16 heteroatoms. The lowest BCUT2D eigenvalue weighted by atomic mass is 9.72. The van der Waals surface area contributed by atoms with Crippen molar-refractivity contribution in [2.45, 2.75) is 134 Å². The van der Waals surface area contributed by atoms with Crippen LogP contribution in [-0.2, 0) is 38.1 Å². The van der Waals surface area contributed by atoms with Crippen LogP contribution in [0.15, 0.2) is 30.3 Å². The molecule has 316 valence electrons. The van der Waals surface area contributed by atoms with Crippen LogP contribution in [-0.4, -0.2) is 114 Å². The summed E-state index contributed by atoms with van der Waals surface area (Å²) in [5.74, 6) is -6.02. The minimum absolute atomic E-state index is 0.0969. The van der Waals surface area contributed by atoms with E-state index in [0.29, 0.717) is 10.8 Å². The Morgan fingerprint density at radius 3 is 2.33 bits per heavy atom. The van der Waals surface area contributed by atoms with Crippen molar-refractivity contribution in [2.75, 3.05) is 20.7 Å². The van der Waals surface area contributed by atoms with Crippen molar-refractivity contribution in [1.82, 2.24) is 10.2 Å². The Kier molecular flexibility index (Phi) is 14.2. The van der Waals surface area contributed by atoms with Gasteiger partial charge in [0, 0.05) is 38.9 Å². The molecule has 13 atom stereocenters. The van der Waals surface area contributed by atoms with Gasteiger partial charge in [0.05, 0.1) is 34.8 Å². The molecular weight excluding hydrogens is 799 g/mol. The van der Waals surface area contributed by atoms with E-state index in [-0.39, 0.29) is 25.2 Å². The van der Waals surface area contributed by atoms with Crippen LogP contribution in [0, 0.1) is 17.8 Å². The number of carbonyl (C=O) groups excluding carboxylic acids is 4. The molecule has 3 saturated heterocycles. The van der Waals surface area contributed by atoms with Crippen LogP contribution in [0.25, 0.3) is 15.8 Å². The molecule has 0 bridgehead atoms. The predicted octanol–water partition coefficient (Wildman–Crippen LogP) is 7.10. The third-order valence-electron chi connectivity index (χ3n) is 11.7.